The van der Waals surface area contributed by atoms with Crippen LogP contribution in [0.3, 0.4) is 0 Å². The molecule has 0 amide bonds. The van der Waals surface area contributed by atoms with Crippen LogP contribution >= 0.6 is 0 Å². The molecule has 1 fully saturated rings. The molecule has 1 aliphatic rings. The molecule has 2 N–H and O–H groups in total. The molecule has 2 aromatic rings. The van der Waals surface area contributed by atoms with Crippen LogP contribution in [-0.4, -0.2) is 27.8 Å². The van der Waals surface area contributed by atoms with Crippen molar-refractivity contribution < 1.29 is 14.6 Å². The predicted octanol–water partition coefficient (Wildman–Crippen LogP) is 2.34. The number of hydrogen-bond acceptors (Lipinski definition) is 4. The van der Waals surface area contributed by atoms with Crippen LogP contribution in [0.15, 0.2) is 36.7 Å². The molecule has 3 rings (SSSR count). The van der Waals surface area contributed by atoms with E-state index in [1.54, 1.807) is 24.5 Å². The van der Waals surface area contributed by atoms with Gasteiger partial charge in [-0.05, 0) is 30.7 Å². The highest BCUT2D eigenvalue weighted by Gasteiger charge is 2.43. The molecule has 1 aromatic heterocycles. The number of aromatic nitrogens is 2. The number of aromatic hydroxyl groups is 1. The maximum atomic E-state index is 9.44. The highest BCUT2D eigenvalue weighted by Crippen LogP contribution is 2.38. The first kappa shape index (κ1) is 13.1. The second kappa shape index (κ2) is 5.26. The van der Waals surface area contributed by atoms with Gasteiger partial charge in [0.2, 0.25) is 5.79 Å². The number of nitrogens with zero attached hydrogens (tertiary/aromatic N) is 1. The molecule has 0 saturated carbocycles. The first-order chi connectivity index (χ1) is 9.72. The Balaban J connectivity index is 1.93. The normalized spacial score (nSPS) is 25.9. The Morgan fingerprint density at radius 1 is 1.40 bits per heavy atom. The summed E-state index contributed by atoms with van der Waals surface area (Å²) in [6.45, 7) is 2.64. The fraction of sp³-hybridized carbons (Fsp3) is 0.400. The van der Waals surface area contributed by atoms with Gasteiger partial charge in [0, 0.05) is 18.0 Å². The molecule has 5 heteroatoms. The van der Waals surface area contributed by atoms with Crippen molar-refractivity contribution in [1.29, 1.82) is 0 Å². The van der Waals surface area contributed by atoms with Crippen LogP contribution in [0.5, 0.6) is 5.75 Å². The average molecular weight is 274 g/mol. The number of phenolic OH excluding ortho intramolecular Hbond substituents is 1. The minimum Gasteiger partial charge on any atom is -0.508 e. The Bertz CT molecular complexity index is 553. The largest absolute Gasteiger partial charge is 0.508 e. The Morgan fingerprint density at radius 3 is 2.80 bits per heavy atom. The van der Waals surface area contributed by atoms with Gasteiger partial charge in [-0.1, -0.05) is 6.92 Å². The number of phenols is 1. The fourth-order valence-electron chi connectivity index (χ4n) is 2.44. The Morgan fingerprint density at radius 2 is 2.20 bits per heavy atom. The van der Waals surface area contributed by atoms with Crippen LogP contribution in [0, 0.1) is 0 Å². The second-order valence-corrected chi connectivity index (χ2v) is 4.97. The van der Waals surface area contributed by atoms with Crippen LogP contribution < -0.4 is 0 Å². The van der Waals surface area contributed by atoms with E-state index in [-0.39, 0.29) is 11.9 Å². The summed E-state index contributed by atoms with van der Waals surface area (Å²) in [6.07, 6.45) is 5.00. The lowest BCUT2D eigenvalue weighted by Gasteiger charge is -2.28. The van der Waals surface area contributed by atoms with E-state index in [4.69, 9.17) is 9.47 Å². The van der Waals surface area contributed by atoms with Crippen LogP contribution in [0.2, 0.25) is 0 Å². The molecule has 2 atom stereocenters. The van der Waals surface area contributed by atoms with Crippen LogP contribution in [0.4, 0.5) is 0 Å². The zero-order valence-electron chi connectivity index (χ0n) is 11.4. The zero-order chi connectivity index (χ0) is 14.0. The summed E-state index contributed by atoms with van der Waals surface area (Å²) < 4.78 is 12.1. The number of hydrogen-bond donors (Lipinski definition) is 2. The monoisotopic (exact) mass is 274 g/mol. The second-order valence-electron chi connectivity index (χ2n) is 4.97. The molecule has 20 heavy (non-hydrogen) atoms. The molecule has 2 heterocycles. The summed E-state index contributed by atoms with van der Waals surface area (Å²) in [5.74, 6) is 0.216. The van der Waals surface area contributed by atoms with Crippen LogP contribution in [0.25, 0.3) is 0 Å². The van der Waals surface area contributed by atoms with Gasteiger partial charge in [-0.25, -0.2) is 4.98 Å². The number of rotatable bonds is 4. The molecular formula is C15H18N2O3. The summed E-state index contributed by atoms with van der Waals surface area (Å²) in [5, 5.41) is 9.44. The quantitative estimate of drug-likeness (QED) is 0.898. The summed E-state index contributed by atoms with van der Waals surface area (Å²) in [5.41, 5.74) is 0.891. The van der Waals surface area contributed by atoms with Gasteiger partial charge in [-0.15, -0.1) is 0 Å². The molecular weight excluding hydrogens is 256 g/mol. The Labute approximate surface area is 117 Å². The average Bonchev–Trinajstić information content (AvgIpc) is 3.10. The van der Waals surface area contributed by atoms with E-state index < -0.39 is 5.79 Å². The Hall–Kier alpha value is -1.85. The van der Waals surface area contributed by atoms with E-state index in [9.17, 15) is 5.11 Å². The fourth-order valence-corrected chi connectivity index (χ4v) is 2.44. The van der Waals surface area contributed by atoms with E-state index in [0.717, 1.165) is 17.8 Å². The standard InChI is InChI=1S/C15H18N2O3/c1-2-13-10-19-15(20-13,9-14-16-7-8-17-14)11-3-5-12(18)6-4-11/h3-8,13,18H,2,9-10H2,1H3,(H,16,17). The van der Waals surface area contributed by atoms with Crippen molar-refractivity contribution in [1.82, 2.24) is 9.97 Å². The lowest BCUT2D eigenvalue weighted by atomic mass is 10.0. The van der Waals surface area contributed by atoms with Crippen molar-refractivity contribution in [3.05, 3.63) is 48.0 Å². The molecule has 0 bridgehead atoms. The zero-order valence-corrected chi connectivity index (χ0v) is 11.4. The van der Waals surface area contributed by atoms with E-state index in [0.29, 0.717) is 13.0 Å². The van der Waals surface area contributed by atoms with Gasteiger partial charge >= 0.3 is 0 Å². The number of imidazole rings is 1. The number of H-pyrrole nitrogens is 1. The lowest BCUT2D eigenvalue weighted by Crippen LogP contribution is -2.31. The molecule has 1 aliphatic heterocycles. The van der Waals surface area contributed by atoms with E-state index in [1.165, 1.54) is 0 Å². The SMILES string of the molecule is CCC1COC(Cc2ncc[nH]2)(c2ccc(O)cc2)O1. The minimum absolute atomic E-state index is 0.0822. The van der Waals surface area contributed by atoms with Crippen LogP contribution in [0.1, 0.15) is 24.7 Å². The number of benzene rings is 1. The molecule has 5 nitrogen and oxygen atoms in total. The first-order valence-electron chi connectivity index (χ1n) is 6.81. The third-order valence-electron chi connectivity index (χ3n) is 3.58. The first-order valence-corrected chi connectivity index (χ1v) is 6.81. The molecule has 2 unspecified atom stereocenters. The maximum Gasteiger partial charge on any atom is 0.202 e. The highest BCUT2D eigenvalue weighted by atomic mass is 16.7. The molecule has 1 aromatic carbocycles. The van der Waals surface area contributed by atoms with E-state index >= 15 is 0 Å². The lowest BCUT2D eigenvalue weighted by molar-refractivity contribution is -0.177. The summed E-state index contributed by atoms with van der Waals surface area (Å²) in [6, 6.07) is 6.95. The summed E-state index contributed by atoms with van der Waals surface area (Å²) >= 11 is 0. The van der Waals surface area contributed by atoms with Crippen molar-refractivity contribution >= 4 is 0 Å². The minimum atomic E-state index is -0.827. The van der Waals surface area contributed by atoms with Crippen molar-refractivity contribution in [2.24, 2.45) is 0 Å². The van der Waals surface area contributed by atoms with Crippen molar-refractivity contribution in [2.45, 2.75) is 31.7 Å². The van der Waals surface area contributed by atoms with E-state index in [2.05, 4.69) is 16.9 Å². The van der Waals surface area contributed by atoms with Gasteiger partial charge < -0.3 is 19.6 Å². The molecule has 0 radical (unpaired) electrons. The number of ether oxygens (including phenoxy) is 2. The maximum absolute atomic E-state index is 9.44. The Kier molecular flexibility index (Phi) is 3.46. The third kappa shape index (κ3) is 2.42. The van der Waals surface area contributed by atoms with Gasteiger partial charge in [-0.2, -0.15) is 0 Å². The van der Waals surface area contributed by atoms with E-state index in [1.807, 2.05) is 12.1 Å². The van der Waals surface area contributed by atoms with Gasteiger partial charge in [0.25, 0.3) is 0 Å². The van der Waals surface area contributed by atoms with Gasteiger partial charge in [0.15, 0.2) is 0 Å². The molecule has 1 saturated heterocycles. The van der Waals surface area contributed by atoms with Gasteiger partial charge in [0.05, 0.1) is 19.1 Å². The van der Waals surface area contributed by atoms with Gasteiger partial charge in [-0.3, -0.25) is 0 Å². The topological polar surface area (TPSA) is 67.4 Å². The molecule has 0 spiro atoms. The van der Waals surface area contributed by atoms with Gasteiger partial charge in [0.1, 0.15) is 11.6 Å². The predicted molar refractivity (Wildman–Crippen MR) is 73.2 cm³/mol. The van der Waals surface area contributed by atoms with Crippen molar-refractivity contribution in [3.8, 4) is 5.75 Å². The van der Waals surface area contributed by atoms with Crippen LogP contribution in [-0.2, 0) is 21.7 Å². The summed E-state index contributed by atoms with van der Waals surface area (Å²) in [4.78, 5) is 7.34. The highest BCUT2D eigenvalue weighted by molar-refractivity contribution is 5.30. The summed E-state index contributed by atoms with van der Waals surface area (Å²) in [7, 11) is 0. The third-order valence-corrected chi connectivity index (χ3v) is 3.58. The van der Waals surface area contributed by atoms with Crippen molar-refractivity contribution in [2.75, 3.05) is 6.61 Å². The smallest absolute Gasteiger partial charge is 0.202 e. The number of aromatic amines is 1. The molecule has 0 aliphatic carbocycles. The van der Waals surface area contributed by atoms with Crippen molar-refractivity contribution in [3.63, 3.8) is 0 Å². The molecule has 106 valence electrons. The number of nitrogens with one attached hydrogen (secondary N) is 1.